The first-order valence-electron chi connectivity index (χ1n) is 6.15. The monoisotopic (exact) mass is 264 g/mol. The Balaban J connectivity index is 1.65. The Morgan fingerprint density at radius 2 is 2.33 bits per heavy atom. The van der Waals surface area contributed by atoms with Gasteiger partial charge in [-0.15, -0.1) is 11.3 Å². The van der Waals surface area contributed by atoms with E-state index in [1.165, 1.54) is 9.75 Å². The molecule has 0 saturated heterocycles. The molecule has 3 rings (SSSR count). The summed E-state index contributed by atoms with van der Waals surface area (Å²) in [6, 6.07) is 4.39. The molecule has 1 aliphatic rings. The maximum absolute atomic E-state index is 5.33. The second kappa shape index (κ2) is 4.82. The predicted molar refractivity (Wildman–Crippen MR) is 69.0 cm³/mol. The van der Waals surface area contributed by atoms with Gasteiger partial charge in [-0.3, -0.25) is 0 Å². The van der Waals surface area contributed by atoms with Crippen LogP contribution < -0.4 is 0 Å². The maximum atomic E-state index is 5.33. The van der Waals surface area contributed by atoms with Crippen LogP contribution >= 0.6 is 11.3 Å². The second-order valence-electron chi connectivity index (χ2n) is 4.69. The van der Waals surface area contributed by atoms with E-state index in [2.05, 4.69) is 29.2 Å². The zero-order valence-electron chi connectivity index (χ0n) is 10.5. The van der Waals surface area contributed by atoms with Gasteiger partial charge < -0.3 is 9.26 Å². The molecule has 1 fully saturated rings. The van der Waals surface area contributed by atoms with Gasteiger partial charge in [0.2, 0.25) is 5.89 Å². The Labute approximate surface area is 110 Å². The number of aryl methyl sites for hydroxylation is 1. The van der Waals surface area contributed by atoms with Crippen molar-refractivity contribution in [1.82, 2.24) is 10.1 Å². The van der Waals surface area contributed by atoms with Crippen LogP contribution in [-0.4, -0.2) is 23.9 Å². The van der Waals surface area contributed by atoms with Crippen molar-refractivity contribution >= 4 is 11.3 Å². The fourth-order valence-electron chi connectivity index (χ4n) is 2.15. The molecule has 2 heterocycles. The average molecular weight is 264 g/mol. The normalized spacial score (nSPS) is 22.3. The molecule has 18 heavy (non-hydrogen) atoms. The summed E-state index contributed by atoms with van der Waals surface area (Å²) < 4.78 is 10.3. The Kier molecular flexibility index (Phi) is 3.18. The van der Waals surface area contributed by atoms with Crippen molar-refractivity contribution < 1.29 is 9.26 Å². The molecule has 0 radical (unpaired) electrons. The standard InChI is InChI=1S/C13H16N2O2S/c1-8-3-4-11(18-8)9-7-10(9)13-14-12(15-17-13)5-6-16-2/h3-4,9-10H,5-7H2,1-2H3/t9-,10+/m1/s1. The van der Waals surface area contributed by atoms with Crippen LogP contribution in [0, 0.1) is 6.92 Å². The highest BCUT2D eigenvalue weighted by Crippen LogP contribution is 2.55. The molecule has 0 aromatic carbocycles. The Morgan fingerprint density at radius 3 is 3.06 bits per heavy atom. The molecule has 4 nitrogen and oxygen atoms in total. The topological polar surface area (TPSA) is 48.2 Å². The molecule has 0 unspecified atom stereocenters. The van der Waals surface area contributed by atoms with Crippen LogP contribution in [0.1, 0.15) is 39.7 Å². The first kappa shape index (κ1) is 11.9. The summed E-state index contributed by atoms with van der Waals surface area (Å²) in [7, 11) is 1.68. The van der Waals surface area contributed by atoms with E-state index in [9.17, 15) is 0 Å². The Hall–Kier alpha value is -1.20. The Morgan fingerprint density at radius 1 is 1.44 bits per heavy atom. The van der Waals surface area contributed by atoms with Gasteiger partial charge in [0.1, 0.15) is 0 Å². The minimum Gasteiger partial charge on any atom is -0.384 e. The van der Waals surface area contributed by atoms with Crippen LogP contribution in [0.3, 0.4) is 0 Å². The lowest BCUT2D eigenvalue weighted by Crippen LogP contribution is -1.96. The van der Waals surface area contributed by atoms with Crippen LogP contribution in [0.15, 0.2) is 16.7 Å². The number of methoxy groups -OCH3 is 1. The van der Waals surface area contributed by atoms with Gasteiger partial charge in [0, 0.05) is 35.1 Å². The van der Waals surface area contributed by atoms with Crippen molar-refractivity contribution in [2.75, 3.05) is 13.7 Å². The lowest BCUT2D eigenvalue weighted by atomic mass is 10.2. The summed E-state index contributed by atoms with van der Waals surface area (Å²) in [6.45, 7) is 2.78. The number of hydrogen-bond donors (Lipinski definition) is 0. The highest BCUT2D eigenvalue weighted by Gasteiger charge is 2.44. The molecule has 0 N–H and O–H groups in total. The van der Waals surface area contributed by atoms with Crippen LogP contribution in [0.25, 0.3) is 0 Å². The highest BCUT2D eigenvalue weighted by atomic mass is 32.1. The minimum absolute atomic E-state index is 0.423. The van der Waals surface area contributed by atoms with Crippen molar-refractivity contribution in [3.63, 3.8) is 0 Å². The number of thiophene rings is 1. The van der Waals surface area contributed by atoms with Gasteiger partial charge in [-0.25, -0.2) is 0 Å². The molecule has 0 aliphatic heterocycles. The highest BCUT2D eigenvalue weighted by molar-refractivity contribution is 7.12. The van der Waals surface area contributed by atoms with Gasteiger partial charge in [-0.2, -0.15) is 4.98 Å². The molecule has 96 valence electrons. The largest absolute Gasteiger partial charge is 0.384 e. The molecule has 0 amide bonds. The van der Waals surface area contributed by atoms with Crippen molar-refractivity contribution in [3.8, 4) is 0 Å². The van der Waals surface area contributed by atoms with E-state index in [1.54, 1.807) is 7.11 Å². The van der Waals surface area contributed by atoms with Gasteiger partial charge in [0.15, 0.2) is 5.82 Å². The minimum atomic E-state index is 0.423. The summed E-state index contributed by atoms with van der Waals surface area (Å²) in [5.74, 6) is 2.54. The van der Waals surface area contributed by atoms with E-state index in [1.807, 2.05) is 11.3 Å². The van der Waals surface area contributed by atoms with Crippen LogP contribution in [-0.2, 0) is 11.2 Å². The molecule has 2 atom stereocenters. The lowest BCUT2D eigenvalue weighted by molar-refractivity contribution is 0.199. The third-order valence-electron chi connectivity index (χ3n) is 3.25. The SMILES string of the molecule is COCCc1noc([C@H]2C[C@H]2c2ccc(C)s2)n1. The van der Waals surface area contributed by atoms with Crippen LogP contribution in [0.4, 0.5) is 0 Å². The molecular formula is C13H16N2O2S. The first-order valence-corrected chi connectivity index (χ1v) is 6.97. The molecule has 2 aromatic heterocycles. The average Bonchev–Trinajstić information content (AvgIpc) is 2.83. The van der Waals surface area contributed by atoms with E-state index in [-0.39, 0.29) is 0 Å². The molecular weight excluding hydrogens is 248 g/mol. The van der Waals surface area contributed by atoms with Crippen molar-refractivity contribution in [2.24, 2.45) is 0 Å². The summed E-state index contributed by atoms with van der Waals surface area (Å²) in [5.41, 5.74) is 0. The smallest absolute Gasteiger partial charge is 0.230 e. The van der Waals surface area contributed by atoms with Crippen molar-refractivity contribution in [1.29, 1.82) is 0 Å². The molecule has 1 aliphatic carbocycles. The second-order valence-corrected chi connectivity index (χ2v) is 6.01. The maximum Gasteiger partial charge on any atom is 0.230 e. The van der Waals surface area contributed by atoms with E-state index in [0.717, 1.165) is 24.6 Å². The van der Waals surface area contributed by atoms with Crippen molar-refractivity contribution in [2.45, 2.75) is 31.6 Å². The Bertz CT molecular complexity index is 535. The number of nitrogens with zero attached hydrogens (tertiary/aromatic N) is 2. The molecule has 0 spiro atoms. The summed E-state index contributed by atoms with van der Waals surface area (Å²) in [6.07, 6.45) is 1.85. The number of ether oxygens (including phenoxy) is 1. The summed E-state index contributed by atoms with van der Waals surface area (Å²) in [5, 5.41) is 3.99. The molecule has 2 aromatic rings. The quantitative estimate of drug-likeness (QED) is 0.833. The lowest BCUT2D eigenvalue weighted by Gasteiger charge is -1.91. The molecule has 1 saturated carbocycles. The third-order valence-corrected chi connectivity index (χ3v) is 4.38. The van der Waals surface area contributed by atoms with Gasteiger partial charge in [0.25, 0.3) is 0 Å². The van der Waals surface area contributed by atoms with E-state index < -0.39 is 0 Å². The fraction of sp³-hybridized carbons (Fsp3) is 0.538. The zero-order chi connectivity index (χ0) is 12.5. The summed E-state index contributed by atoms with van der Waals surface area (Å²) in [4.78, 5) is 7.24. The summed E-state index contributed by atoms with van der Waals surface area (Å²) >= 11 is 1.87. The van der Waals surface area contributed by atoms with Gasteiger partial charge >= 0.3 is 0 Å². The van der Waals surface area contributed by atoms with Gasteiger partial charge in [0.05, 0.1) is 6.61 Å². The number of aromatic nitrogens is 2. The number of hydrogen-bond acceptors (Lipinski definition) is 5. The number of rotatable bonds is 5. The first-order chi connectivity index (χ1) is 8.78. The fourth-order valence-corrected chi connectivity index (χ4v) is 3.20. The van der Waals surface area contributed by atoms with E-state index >= 15 is 0 Å². The molecule has 5 heteroatoms. The van der Waals surface area contributed by atoms with Gasteiger partial charge in [-0.1, -0.05) is 5.16 Å². The van der Waals surface area contributed by atoms with Crippen LogP contribution in [0.5, 0.6) is 0 Å². The van der Waals surface area contributed by atoms with E-state index in [0.29, 0.717) is 18.4 Å². The van der Waals surface area contributed by atoms with Gasteiger partial charge in [-0.05, 0) is 25.5 Å². The molecule has 0 bridgehead atoms. The predicted octanol–water partition coefficient (Wildman–Crippen LogP) is 2.90. The van der Waals surface area contributed by atoms with Crippen molar-refractivity contribution in [3.05, 3.63) is 33.6 Å². The third kappa shape index (κ3) is 2.33. The van der Waals surface area contributed by atoms with Crippen LogP contribution in [0.2, 0.25) is 0 Å². The van der Waals surface area contributed by atoms with E-state index in [4.69, 9.17) is 9.26 Å². The zero-order valence-corrected chi connectivity index (χ0v) is 11.4.